The molecule has 1 spiro atoms. The summed E-state index contributed by atoms with van der Waals surface area (Å²) in [5.74, 6) is -0.582. The molecule has 2 amide bonds. The molecule has 1 aromatic rings. The largest absolute Gasteiger partial charge is 0.396 e. The van der Waals surface area contributed by atoms with Gasteiger partial charge in [0.05, 0.1) is 6.10 Å². The standard InChI is InChI=1S/C21H29FN2O4Si/c1-13-19(29(2,3)22)17(9-11-25)28-21(13)15-12-14(7-8-16(15)23-20(21)27)24-10-5-4-6-18(24)26/h7-8,12-13,17,19,25H,4-6,9-11H2,1-3H3,(H,23,27)/t13-,17+,19-,21+/m0/s1. The molecule has 158 valence electrons. The van der Waals surface area contributed by atoms with E-state index >= 15 is 4.11 Å². The summed E-state index contributed by atoms with van der Waals surface area (Å²) in [4.78, 5) is 27.3. The van der Waals surface area contributed by atoms with E-state index in [1.54, 1.807) is 18.0 Å². The Morgan fingerprint density at radius 3 is 2.76 bits per heavy atom. The molecule has 6 nitrogen and oxygen atoms in total. The van der Waals surface area contributed by atoms with Crippen LogP contribution in [0.2, 0.25) is 18.6 Å². The van der Waals surface area contributed by atoms with Crippen LogP contribution in [0.4, 0.5) is 15.5 Å². The number of piperidine rings is 1. The van der Waals surface area contributed by atoms with Crippen LogP contribution in [0.5, 0.6) is 0 Å². The molecule has 2 fully saturated rings. The van der Waals surface area contributed by atoms with Crippen molar-refractivity contribution in [1.82, 2.24) is 0 Å². The summed E-state index contributed by atoms with van der Waals surface area (Å²) >= 11 is 0. The molecule has 3 aliphatic rings. The lowest BCUT2D eigenvalue weighted by Crippen LogP contribution is -2.42. The smallest absolute Gasteiger partial charge is 0.261 e. The molecule has 0 aromatic heterocycles. The van der Waals surface area contributed by atoms with Crippen molar-refractivity contribution in [3.63, 3.8) is 0 Å². The van der Waals surface area contributed by atoms with Crippen molar-refractivity contribution in [3.05, 3.63) is 23.8 Å². The van der Waals surface area contributed by atoms with Gasteiger partial charge in [-0.3, -0.25) is 9.59 Å². The third-order valence-corrected chi connectivity index (χ3v) is 9.20. The zero-order chi connectivity index (χ0) is 21.0. The molecular weight excluding hydrogens is 391 g/mol. The third kappa shape index (κ3) is 3.12. The fraction of sp³-hybridized carbons (Fsp3) is 0.619. The molecule has 0 saturated carbocycles. The first-order chi connectivity index (χ1) is 13.7. The predicted octanol–water partition coefficient (Wildman–Crippen LogP) is 3.31. The van der Waals surface area contributed by atoms with Gasteiger partial charge in [0.1, 0.15) is 0 Å². The summed E-state index contributed by atoms with van der Waals surface area (Å²) < 4.78 is 21.6. The maximum absolute atomic E-state index is 15.3. The van der Waals surface area contributed by atoms with Crippen LogP contribution in [-0.4, -0.2) is 44.6 Å². The number of anilines is 2. The average molecular weight is 421 g/mol. The van der Waals surface area contributed by atoms with E-state index < -0.39 is 25.7 Å². The Morgan fingerprint density at radius 2 is 2.10 bits per heavy atom. The van der Waals surface area contributed by atoms with Gasteiger partial charge in [-0.05, 0) is 50.6 Å². The van der Waals surface area contributed by atoms with Crippen molar-refractivity contribution in [2.24, 2.45) is 5.92 Å². The Balaban J connectivity index is 1.79. The van der Waals surface area contributed by atoms with Crippen LogP contribution in [0, 0.1) is 5.92 Å². The number of ether oxygens (including phenoxy) is 1. The Labute approximate surface area is 171 Å². The number of aliphatic hydroxyl groups is 1. The van der Waals surface area contributed by atoms with E-state index in [0.29, 0.717) is 30.6 Å². The van der Waals surface area contributed by atoms with E-state index in [-0.39, 0.29) is 24.3 Å². The quantitative estimate of drug-likeness (QED) is 0.579. The van der Waals surface area contributed by atoms with Gasteiger partial charge in [-0.2, -0.15) is 0 Å². The molecular formula is C21H29FN2O4Si. The number of carbonyl (C=O) groups excluding carboxylic acids is 2. The maximum Gasteiger partial charge on any atom is 0.261 e. The van der Waals surface area contributed by atoms with Crippen LogP contribution in [0.15, 0.2) is 18.2 Å². The minimum atomic E-state index is -3.17. The highest BCUT2D eigenvalue weighted by atomic mass is 28.4. The zero-order valence-electron chi connectivity index (χ0n) is 17.2. The average Bonchev–Trinajstić information content (AvgIpc) is 3.10. The Morgan fingerprint density at radius 1 is 1.34 bits per heavy atom. The maximum atomic E-state index is 15.3. The number of fused-ring (bicyclic) bond motifs is 2. The number of amides is 2. The molecule has 4 atom stereocenters. The topological polar surface area (TPSA) is 78.9 Å². The summed E-state index contributed by atoms with van der Waals surface area (Å²) in [6.45, 7) is 5.69. The number of carbonyl (C=O) groups is 2. The molecule has 0 bridgehead atoms. The van der Waals surface area contributed by atoms with Crippen LogP contribution in [0.25, 0.3) is 0 Å². The number of halogens is 1. The molecule has 2 N–H and O–H groups in total. The van der Waals surface area contributed by atoms with Gasteiger partial charge in [0.25, 0.3) is 5.91 Å². The normalized spacial score (nSPS) is 32.0. The van der Waals surface area contributed by atoms with Gasteiger partial charge in [0, 0.05) is 48.0 Å². The molecule has 2 saturated heterocycles. The fourth-order valence-electron chi connectivity index (χ4n) is 5.50. The monoisotopic (exact) mass is 420 g/mol. The minimum Gasteiger partial charge on any atom is -0.396 e. The number of nitrogens with one attached hydrogen (secondary N) is 1. The summed E-state index contributed by atoms with van der Waals surface area (Å²) in [6, 6.07) is 5.51. The second kappa shape index (κ2) is 7.18. The fourth-order valence-corrected chi connectivity index (χ4v) is 8.04. The number of aliphatic hydroxyl groups excluding tert-OH is 1. The summed E-state index contributed by atoms with van der Waals surface area (Å²) in [5.41, 5.74) is 0.377. The molecule has 0 unspecified atom stereocenters. The van der Waals surface area contributed by atoms with E-state index in [0.717, 1.165) is 18.5 Å². The van der Waals surface area contributed by atoms with Crippen molar-refractivity contribution in [2.75, 3.05) is 23.4 Å². The van der Waals surface area contributed by atoms with Gasteiger partial charge in [0.2, 0.25) is 14.3 Å². The molecule has 4 rings (SSSR count). The third-order valence-electron chi connectivity index (χ3n) is 6.75. The van der Waals surface area contributed by atoms with Gasteiger partial charge >= 0.3 is 0 Å². The Hall–Kier alpha value is -1.77. The molecule has 0 radical (unpaired) electrons. The van der Waals surface area contributed by atoms with Crippen LogP contribution in [0.1, 0.15) is 38.2 Å². The van der Waals surface area contributed by atoms with Crippen LogP contribution in [-0.2, 0) is 19.9 Å². The highest BCUT2D eigenvalue weighted by molar-refractivity contribution is 6.72. The number of hydrogen-bond acceptors (Lipinski definition) is 4. The number of hydrogen-bond donors (Lipinski definition) is 2. The molecule has 3 heterocycles. The number of nitrogens with zero attached hydrogens (tertiary/aromatic N) is 1. The van der Waals surface area contributed by atoms with Crippen molar-refractivity contribution in [2.45, 2.75) is 62.9 Å². The van der Waals surface area contributed by atoms with Crippen molar-refractivity contribution >= 4 is 31.6 Å². The van der Waals surface area contributed by atoms with E-state index in [2.05, 4.69) is 5.32 Å². The first-order valence-corrected chi connectivity index (χ1v) is 13.4. The van der Waals surface area contributed by atoms with Gasteiger partial charge in [0.15, 0.2) is 5.60 Å². The van der Waals surface area contributed by atoms with Crippen molar-refractivity contribution in [1.29, 1.82) is 0 Å². The second-order valence-corrected chi connectivity index (χ2v) is 12.8. The van der Waals surface area contributed by atoms with Crippen molar-refractivity contribution in [3.8, 4) is 0 Å². The van der Waals surface area contributed by atoms with Crippen LogP contribution < -0.4 is 10.2 Å². The van der Waals surface area contributed by atoms with Crippen molar-refractivity contribution < 1.29 is 23.5 Å². The van der Waals surface area contributed by atoms with Gasteiger partial charge in [-0.15, -0.1) is 0 Å². The molecule has 0 aliphatic carbocycles. The van der Waals surface area contributed by atoms with Gasteiger partial charge < -0.3 is 24.2 Å². The van der Waals surface area contributed by atoms with Crippen LogP contribution >= 0.6 is 0 Å². The number of benzene rings is 1. The highest BCUT2D eigenvalue weighted by Crippen LogP contribution is 2.59. The van der Waals surface area contributed by atoms with Gasteiger partial charge in [-0.25, -0.2) is 0 Å². The zero-order valence-corrected chi connectivity index (χ0v) is 18.2. The number of rotatable bonds is 4. The minimum absolute atomic E-state index is 0.0799. The lowest BCUT2D eigenvalue weighted by Gasteiger charge is -2.31. The second-order valence-electron chi connectivity index (χ2n) is 8.97. The van der Waals surface area contributed by atoms with E-state index in [1.165, 1.54) is 0 Å². The Kier molecular flexibility index (Phi) is 5.07. The van der Waals surface area contributed by atoms with Gasteiger partial charge in [-0.1, -0.05) is 6.92 Å². The molecule has 29 heavy (non-hydrogen) atoms. The predicted molar refractivity (Wildman–Crippen MR) is 111 cm³/mol. The summed E-state index contributed by atoms with van der Waals surface area (Å²) in [7, 11) is -3.17. The molecule has 1 aromatic carbocycles. The first-order valence-electron chi connectivity index (χ1n) is 10.4. The van der Waals surface area contributed by atoms with E-state index in [9.17, 15) is 14.7 Å². The molecule has 8 heteroatoms. The van der Waals surface area contributed by atoms with E-state index in [4.69, 9.17) is 4.74 Å². The lowest BCUT2D eigenvalue weighted by molar-refractivity contribution is -0.143. The lowest BCUT2D eigenvalue weighted by atomic mass is 9.82. The SMILES string of the molecule is C[C@H]1[C@H]([Si](C)(C)F)[C@@H](CCO)O[C@]12C(=O)Nc1ccc(N3CCCCC3=O)cc12. The van der Waals surface area contributed by atoms with Crippen LogP contribution in [0.3, 0.4) is 0 Å². The Bertz CT molecular complexity index is 842. The first kappa shape index (κ1) is 20.5. The highest BCUT2D eigenvalue weighted by Gasteiger charge is 2.65. The summed E-state index contributed by atoms with van der Waals surface area (Å²) in [6.07, 6.45) is 2.14. The molecule has 3 aliphatic heterocycles. The summed E-state index contributed by atoms with van der Waals surface area (Å²) in [5, 5.41) is 12.4. The van der Waals surface area contributed by atoms with E-state index in [1.807, 2.05) is 25.1 Å².